The van der Waals surface area contributed by atoms with Gasteiger partial charge in [0.05, 0.1) is 11.4 Å². The zero-order valence-corrected chi connectivity index (χ0v) is 19.3. The number of aliphatic hydroxyl groups excluding tert-OH is 1. The van der Waals surface area contributed by atoms with Crippen LogP contribution in [0.5, 0.6) is 0 Å². The van der Waals surface area contributed by atoms with Crippen LogP contribution in [0.15, 0.2) is 11.6 Å². The fraction of sp³-hybridized carbons (Fsp3) is 0.875. The van der Waals surface area contributed by atoms with E-state index in [9.17, 15) is 9.90 Å². The van der Waals surface area contributed by atoms with Gasteiger partial charge in [-0.05, 0) is 74.5 Å². The number of carbonyl (C=O) groups excluding carboxylic acids is 1. The minimum Gasteiger partial charge on any atom is -0.441 e. The molecule has 162 valence electrons. The van der Waals surface area contributed by atoms with Crippen molar-refractivity contribution in [2.24, 2.45) is 28.6 Å². The van der Waals surface area contributed by atoms with E-state index < -0.39 is 0 Å². The van der Waals surface area contributed by atoms with Crippen LogP contribution in [0.25, 0.3) is 0 Å². The number of nitrogens with zero attached hydrogens (tertiary/aromatic N) is 1. The van der Waals surface area contributed by atoms with Crippen molar-refractivity contribution >= 4 is 17.9 Å². The molecule has 1 heterocycles. The van der Waals surface area contributed by atoms with Crippen molar-refractivity contribution in [2.75, 3.05) is 19.8 Å². The minimum absolute atomic E-state index is 0.0872. The number of rotatable bonds is 2. The SMILES string of the molecule is CN(C)C(=O)O[C@@]1([C@H]2CS2)CC[C@H]2[C@@H]3CC=C4C[C@@H](O)CC[C@]4(C)[C@H]3CC[C@@]21C. The van der Waals surface area contributed by atoms with Crippen molar-refractivity contribution in [3.63, 3.8) is 0 Å². The van der Waals surface area contributed by atoms with Crippen LogP contribution < -0.4 is 0 Å². The van der Waals surface area contributed by atoms with Gasteiger partial charge in [-0.2, -0.15) is 11.8 Å². The smallest absolute Gasteiger partial charge is 0.409 e. The lowest BCUT2D eigenvalue weighted by atomic mass is 9.47. The molecule has 0 radical (unpaired) electrons. The third-order valence-corrected chi connectivity index (χ3v) is 10.8. The monoisotopic (exact) mass is 419 g/mol. The molecule has 5 rings (SSSR count). The van der Waals surface area contributed by atoms with Crippen molar-refractivity contribution in [1.29, 1.82) is 0 Å². The zero-order chi connectivity index (χ0) is 20.6. The molecule has 8 atom stereocenters. The van der Waals surface area contributed by atoms with E-state index in [0.717, 1.165) is 43.8 Å². The van der Waals surface area contributed by atoms with Gasteiger partial charge in [0.2, 0.25) is 0 Å². The Morgan fingerprint density at radius 3 is 2.59 bits per heavy atom. The van der Waals surface area contributed by atoms with E-state index in [2.05, 4.69) is 19.9 Å². The Balaban J connectivity index is 1.47. The Bertz CT molecular complexity index is 734. The Labute approximate surface area is 179 Å². The van der Waals surface area contributed by atoms with E-state index in [0.29, 0.717) is 17.1 Å². The summed E-state index contributed by atoms with van der Waals surface area (Å²) in [6.07, 6.45) is 10.9. The summed E-state index contributed by atoms with van der Waals surface area (Å²) >= 11 is 1.98. The molecular formula is C24H37NO3S. The van der Waals surface area contributed by atoms with E-state index in [-0.39, 0.29) is 28.6 Å². The quantitative estimate of drug-likeness (QED) is 0.513. The largest absolute Gasteiger partial charge is 0.441 e. The van der Waals surface area contributed by atoms with Gasteiger partial charge in [0, 0.05) is 25.3 Å². The molecule has 3 saturated carbocycles. The second kappa shape index (κ2) is 6.66. The predicted octanol–water partition coefficient (Wildman–Crippen LogP) is 4.86. The van der Waals surface area contributed by atoms with Gasteiger partial charge in [0.1, 0.15) is 5.60 Å². The molecule has 5 aliphatic rings. The molecule has 0 unspecified atom stereocenters. The molecule has 0 aromatic heterocycles. The van der Waals surface area contributed by atoms with Gasteiger partial charge in [0.25, 0.3) is 0 Å². The number of allylic oxidation sites excluding steroid dienone is 1. The van der Waals surface area contributed by atoms with Crippen molar-refractivity contribution in [1.82, 2.24) is 4.90 Å². The van der Waals surface area contributed by atoms with Crippen LogP contribution in [-0.4, -0.2) is 52.9 Å². The zero-order valence-electron chi connectivity index (χ0n) is 18.4. The molecule has 1 aliphatic heterocycles. The van der Waals surface area contributed by atoms with Crippen LogP contribution in [0, 0.1) is 28.6 Å². The molecule has 0 aromatic carbocycles. The molecule has 4 fully saturated rings. The highest BCUT2D eigenvalue weighted by atomic mass is 32.2. The summed E-state index contributed by atoms with van der Waals surface area (Å²) in [6, 6.07) is 0. The Morgan fingerprint density at radius 1 is 1.17 bits per heavy atom. The molecule has 1 N–H and O–H groups in total. The third-order valence-electron chi connectivity index (χ3n) is 9.75. The topological polar surface area (TPSA) is 49.8 Å². The number of ether oxygens (including phenoxy) is 1. The molecule has 4 aliphatic carbocycles. The van der Waals surface area contributed by atoms with Gasteiger partial charge in [-0.15, -0.1) is 0 Å². The van der Waals surface area contributed by atoms with Gasteiger partial charge in [-0.3, -0.25) is 0 Å². The van der Waals surface area contributed by atoms with Crippen LogP contribution in [0.1, 0.15) is 65.2 Å². The van der Waals surface area contributed by atoms with Gasteiger partial charge in [0.15, 0.2) is 0 Å². The number of fused-ring (bicyclic) bond motifs is 5. The highest BCUT2D eigenvalue weighted by Crippen LogP contribution is 2.70. The Kier molecular flexibility index (Phi) is 4.65. The van der Waals surface area contributed by atoms with Gasteiger partial charge < -0.3 is 14.7 Å². The summed E-state index contributed by atoms with van der Waals surface area (Å²) in [4.78, 5) is 14.3. The number of amides is 1. The fourth-order valence-corrected chi connectivity index (χ4v) is 9.07. The maximum atomic E-state index is 12.7. The fourth-order valence-electron chi connectivity index (χ4n) is 8.00. The number of carbonyl (C=O) groups is 1. The van der Waals surface area contributed by atoms with Crippen LogP contribution >= 0.6 is 11.8 Å². The molecule has 1 saturated heterocycles. The Hall–Kier alpha value is -0.680. The normalized spacial score (nSPS) is 50.7. The van der Waals surface area contributed by atoms with Gasteiger partial charge in [-0.1, -0.05) is 25.5 Å². The summed E-state index contributed by atoms with van der Waals surface area (Å²) in [7, 11) is 3.60. The summed E-state index contributed by atoms with van der Waals surface area (Å²) < 4.78 is 6.40. The van der Waals surface area contributed by atoms with E-state index in [4.69, 9.17) is 4.74 Å². The van der Waals surface area contributed by atoms with Crippen molar-refractivity contribution in [3.8, 4) is 0 Å². The number of hydrogen-bond acceptors (Lipinski definition) is 4. The van der Waals surface area contributed by atoms with Crippen molar-refractivity contribution in [2.45, 2.75) is 82.2 Å². The molecule has 0 aromatic rings. The van der Waals surface area contributed by atoms with Gasteiger partial charge >= 0.3 is 6.09 Å². The summed E-state index contributed by atoms with van der Waals surface area (Å²) in [5.74, 6) is 3.19. The maximum Gasteiger partial charge on any atom is 0.409 e. The molecule has 29 heavy (non-hydrogen) atoms. The lowest BCUT2D eigenvalue weighted by molar-refractivity contribution is -0.126. The molecule has 4 nitrogen and oxygen atoms in total. The Morgan fingerprint density at radius 2 is 1.90 bits per heavy atom. The molecule has 5 heteroatoms. The van der Waals surface area contributed by atoms with Crippen LogP contribution in [0.4, 0.5) is 4.79 Å². The highest BCUT2D eigenvalue weighted by molar-refractivity contribution is 8.07. The third kappa shape index (κ3) is 2.78. The summed E-state index contributed by atoms with van der Waals surface area (Å²) in [6.45, 7) is 4.93. The molecular weight excluding hydrogens is 382 g/mol. The van der Waals surface area contributed by atoms with Crippen molar-refractivity contribution in [3.05, 3.63) is 11.6 Å². The summed E-state index contributed by atoms with van der Waals surface area (Å²) in [5, 5.41) is 10.7. The first-order valence-corrected chi connectivity index (χ1v) is 12.7. The van der Waals surface area contributed by atoms with Gasteiger partial charge in [-0.25, -0.2) is 4.79 Å². The number of thioether (sulfide) groups is 1. The first-order valence-electron chi connectivity index (χ1n) is 11.6. The molecule has 1 amide bonds. The van der Waals surface area contributed by atoms with Crippen LogP contribution in [-0.2, 0) is 4.74 Å². The molecule has 0 spiro atoms. The van der Waals surface area contributed by atoms with E-state index in [1.807, 2.05) is 11.8 Å². The van der Waals surface area contributed by atoms with E-state index in [1.165, 1.54) is 24.8 Å². The van der Waals surface area contributed by atoms with Crippen LogP contribution in [0.3, 0.4) is 0 Å². The number of aliphatic hydroxyl groups is 1. The predicted molar refractivity (Wildman–Crippen MR) is 117 cm³/mol. The first kappa shape index (κ1) is 20.2. The highest BCUT2D eigenvalue weighted by Gasteiger charge is 2.70. The standard InChI is InChI=1S/C24H37NO3S/c1-22-10-7-16(26)13-15(22)5-6-17-18(22)8-11-23(2)19(17)9-12-24(23,20-14-29-20)28-21(27)25(3)4/h5,16-20,26H,6-14H2,1-4H3/t16-,17+,18-,19-,20+,22-,23-,24+/m0/s1. The van der Waals surface area contributed by atoms with E-state index in [1.54, 1.807) is 19.0 Å². The maximum absolute atomic E-state index is 12.7. The second-order valence-corrected chi connectivity index (χ2v) is 12.4. The van der Waals surface area contributed by atoms with E-state index >= 15 is 0 Å². The number of hydrogen-bond donors (Lipinski definition) is 1. The minimum atomic E-state index is -0.289. The summed E-state index contributed by atoms with van der Waals surface area (Å²) in [5.41, 5.74) is 1.59. The van der Waals surface area contributed by atoms with Crippen LogP contribution in [0.2, 0.25) is 0 Å². The first-order chi connectivity index (χ1) is 13.7. The lowest BCUT2D eigenvalue weighted by Gasteiger charge is -2.59. The van der Waals surface area contributed by atoms with Crippen molar-refractivity contribution < 1.29 is 14.6 Å². The average molecular weight is 420 g/mol. The molecule has 0 bridgehead atoms. The lowest BCUT2D eigenvalue weighted by Crippen LogP contribution is -2.58. The average Bonchev–Trinajstić information content (AvgIpc) is 3.47. The second-order valence-electron chi connectivity index (χ2n) is 11.1.